The summed E-state index contributed by atoms with van der Waals surface area (Å²) in [4.78, 5) is 76.6. The van der Waals surface area contributed by atoms with Crippen LogP contribution in [0.25, 0.3) is 0 Å². The van der Waals surface area contributed by atoms with E-state index in [4.69, 9.17) is 10.2 Å². The Balaban J connectivity index is 5.58. The Hall–Kier alpha value is -2.62. The molecule has 0 saturated carbocycles. The van der Waals surface area contributed by atoms with Crippen molar-refractivity contribution in [2.24, 2.45) is 0 Å². The zero-order valence-corrected chi connectivity index (χ0v) is 18.5. The first-order valence-corrected chi connectivity index (χ1v) is 11.1. The second-order valence-electron chi connectivity index (χ2n) is 6.54. The fourth-order valence-electron chi connectivity index (χ4n) is 2.77. The summed E-state index contributed by atoms with van der Waals surface area (Å²) < 4.78 is 25.8. The molecule has 0 aromatic carbocycles. The second kappa shape index (κ2) is 16.9. The maximum Gasteiger partial charge on any atom is 0.342 e. The number of hydrogen-bond acceptors (Lipinski definition) is 12. The van der Waals surface area contributed by atoms with Gasteiger partial charge in [-0.25, -0.2) is 4.90 Å². The van der Waals surface area contributed by atoms with E-state index in [0.29, 0.717) is 0 Å². The van der Waals surface area contributed by atoms with E-state index in [2.05, 4.69) is 14.2 Å². The minimum Gasteiger partial charge on any atom is -0.480 e. The van der Waals surface area contributed by atoms with Gasteiger partial charge in [0.15, 0.2) is 0 Å². The Morgan fingerprint density at radius 1 is 0.788 bits per heavy atom. The summed E-state index contributed by atoms with van der Waals surface area (Å²) in [7, 11) is -4.80. The number of carbonyl (C=O) groups excluding carboxylic acids is 3. The molecule has 190 valence electrons. The maximum absolute atomic E-state index is 12.1. The molecule has 4 N–H and O–H groups in total. The van der Waals surface area contributed by atoms with Gasteiger partial charge in [0.25, 0.3) is 19.4 Å². The lowest BCUT2D eigenvalue weighted by atomic mass is 10.3. The van der Waals surface area contributed by atoms with Gasteiger partial charge in [-0.05, 0) is 0 Å². The van der Waals surface area contributed by atoms with Crippen LogP contribution in [-0.2, 0) is 42.7 Å². The van der Waals surface area contributed by atoms with Crippen molar-refractivity contribution in [3.8, 4) is 0 Å². The van der Waals surface area contributed by atoms with E-state index < -0.39 is 38.4 Å². The number of carbonyl (C=O) groups is 5. The van der Waals surface area contributed by atoms with Gasteiger partial charge in [-0.15, -0.1) is 0 Å². The normalized spacial score (nSPS) is 12.4. The second-order valence-corrected chi connectivity index (χ2v) is 8.31. The van der Waals surface area contributed by atoms with Crippen LogP contribution < -0.4 is 0 Å². The van der Waals surface area contributed by atoms with E-state index in [1.54, 1.807) is 0 Å². The third-order valence-corrected chi connectivity index (χ3v) is 5.51. The van der Waals surface area contributed by atoms with E-state index in [1.165, 1.54) is 9.80 Å². The molecule has 0 aliphatic rings. The summed E-state index contributed by atoms with van der Waals surface area (Å²) in [6.07, 6.45) is -0.281. The highest BCUT2D eigenvalue weighted by Crippen LogP contribution is 2.44. The van der Waals surface area contributed by atoms with E-state index in [0.717, 1.165) is 4.90 Å². The van der Waals surface area contributed by atoms with Crippen LogP contribution >= 0.6 is 7.60 Å². The topological polar surface area (TPSA) is 221 Å². The quantitative estimate of drug-likeness (QED) is 0.0392. The first-order valence-electron chi connectivity index (χ1n) is 9.38. The molecule has 1 unspecified atom stereocenters. The van der Waals surface area contributed by atoms with Crippen LogP contribution in [-0.4, -0.2) is 131 Å². The highest BCUT2D eigenvalue weighted by atomic mass is 31.2. The Morgan fingerprint density at radius 3 is 1.64 bits per heavy atom. The van der Waals surface area contributed by atoms with Gasteiger partial charge in [0.1, 0.15) is 19.2 Å². The molecular formula is C16H28N3O13P. The predicted molar refractivity (Wildman–Crippen MR) is 106 cm³/mol. The molecule has 0 saturated heterocycles. The molecule has 0 aliphatic heterocycles. The van der Waals surface area contributed by atoms with Crippen LogP contribution in [0.3, 0.4) is 0 Å². The molecule has 16 nitrogen and oxygen atoms in total. The van der Waals surface area contributed by atoms with Gasteiger partial charge in [0.2, 0.25) is 0 Å². The van der Waals surface area contributed by atoms with Gasteiger partial charge in [0.05, 0.1) is 19.7 Å². The first-order chi connectivity index (χ1) is 15.5. The minimum absolute atomic E-state index is 0.0232. The molecule has 0 rings (SSSR count). The van der Waals surface area contributed by atoms with Crippen LogP contribution in [0.5, 0.6) is 0 Å². The van der Waals surface area contributed by atoms with Gasteiger partial charge >= 0.3 is 19.5 Å². The lowest BCUT2D eigenvalue weighted by molar-refractivity contribution is -0.144. The molecule has 0 aromatic heterocycles. The number of hydrogen-bond donors (Lipinski definition) is 4. The Kier molecular flexibility index (Phi) is 15.6. The number of aliphatic carboxylic acids is 2. The van der Waals surface area contributed by atoms with Crippen LogP contribution in [0.15, 0.2) is 0 Å². The molecule has 0 bridgehead atoms. The lowest BCUT2D eigenvalue weighted by Gasteiger charge is -2.34. The Labute approximate surface area is 188 Å². The van der Waals surface area contributed by atoms with Gasteiger partial charge in [0, 0.05) is 32.6 Å². The monoisotopic (exact) mass is 501 g/mol. The third kappa shape index (κ3) is 15.0. The number of ether oxygens (including phenoxy) is 3. The van der Waals surface area contributed by atoms with Crippen molar-refractivity contribution in [1.82, 2.24) is 14.7 Å². The average Bonchev–Trinajstić information content (AvgIpc) is 2.71. The first kappa shape index (κ1) is 30.4. The molecule has 33 heavy (non-hydrogen) atoms. The molecule has 0 spiro atoms. The van der Waals surface area contributed by atoms with E-state index in [1.807, 2.05) is 0 Å². The molecular weight excluding hydrogens is 473 g/mol. The van der Waals surface area contributed by atoms with Crippen molar-refractivity contribution in [2.75, 3.05) is 59.3 Å². The number of carboxylic acids is 2. The van der Waals surface area contributed by atoms with Crippen LogP contribution in [0, 0.1) is 0 Å². The van der Waals surface area contributed by atoms with E-state index in [-0.39, 0.29) is 72.1 Å². The summed E-state index contributed by atoms with van der Waals surface area (Å²) in [5.74, 6) is -4.05. The largest absolute Gasteiger partial charge is 0.480 e. The highest BCUT2D eigenvalue weighted by molar-refractivity contribution is 7.52. The van der Waals surface area contributed by atoms with Gasteiger partial charge in [-0.2, -0.15) is 0 Å². The molecule has 0 aromatic rings. The molecule has 0 amide bonds. The molecule has 1 atom stereocenters. The Morgan fingerprint density at radius 2 is 1.24 bits per heavy atom. The average molecular weight is 501 g/mol. The Bertz CT molecular complexity index is 646. The number of rotatable bonds is 22. The van der Waals surface area contributed by atoms with Crippen LogP contribution in [0.1, 0.15) is 6.42 Å². The van der Waals surface area contributed by atoms with Crippen LogP contribution in [0.2, 0.25) is 0 Å². The smallest absolute Gasteiger partial charge is 0.342 e. The van der Waals surface area contributed by atoms with Crippen molar-refractivity contribution in [2.45, 2.75) is 12.2 Å². The van der Waals surface area contributed by atoms with E-state index in [9.17, 15) is 38.3 Å². The third-order valence-electron chi connectivity index (χ3n) is 4.15. The molecule has 0 fully saturated rings. The van der Waals surface area contributed by atoms with Crippen molar-refractivity contribution in [3.05, 3.63) is 0 Å². The van der Waals surface area contributed by atoms with Crippen molar-refractivity contribution >= 4 is 39.0 Å². The number of nitrogens with zero attached hydrogens (tertiary/aromatic N) is 3. The molecule has 17 heteroatoms. The SMILES string of the molecule is O=COCCC(N(CCN(COC=O)COC=O)CCN(CC(=O)O)CC(=O)O)P(=O)(O)O. The molecule has 0 aliphatic carbocycles. The molecule has 0 heterocycles. The van der Waals surface area contributed by atoms with Gasteiger partial charge in [-0.1, -0.05) is 0 Å². The maximum atomic E-state index is 12.1. The standard InChI is InChI=1S/C16H28N3O13P/c20-11-30-6-1-14(33(27,28)29)19(4-2-17(7-15(23)24)8-16(25)26)5-3-18(9-31-12-21)10-32-13-22/h11-14H,1-10H2,(H,23,24)(H,25,26)(H2,27,28,29). The fraction of sp³-hybridized carbons (Fsp3) is 0.688. The zero-order chi connectivity index (χ0) is 25.3. The van der Waals surface area contributed by atoms with Gasteiger partial charge in [-0.3, -0.25) is 38.3 Å². The van der Waals surface area contributed by atoms with Gasteiger partial charge < -0.3 is 34.2 Å². The summed E-state index contributed by atoms with van der Waals surface area (Å²) in [6, 6.07) is 0. The minimum atomic E-state index is -4.80. The number of carboxylic acid groups (broad SMARTS) is 2. The van der Waals surface area contributed by atoms with E-state index >= 15 is 0 Å². The summed E-state index contributed by atoms with van der Waals surface area (Å²) in [5.41, 5.74) is 0. The van der Waals surface area contributed by atoms with Crippen molar-refractivity contribution < 1.29 is 62.7 Å². The summed E-state index contributed by atoms with van der Waals surface area (Å²) in [6.45, 7) is -2.24. The highest BCUT2D eigenvalue weighted by Gasteiger charge is 2.34. The molecule has 0 radical (unpaired) electrons. The van der Waals surface area contributed by atoms with Crippen LogP contribution in [0.4, 0.5) is 0 Å². The van der Waals surface area contributed by atoms with Crippen molar-refractivity contribution in [1.29, 1.82) is 0 Å². The zero-order valence-electron chi connectivity index (χ0n) is 17.6. The fourth-order valence-corrected chi connectivity index (χ4v) is 3.87. The summed E-state index contributed by atoms with van der Waals surface area (Å²) in [5, 5.41) is 17.9. The lowest BCUT2D eigenvalue weighted by Crippen LogP contribution is -2.47. The predicted octanol–water partition coefficient (Wildman–Crippen LogP) is -2.61. The van der Waals surface area contributed by atoms with Crippen molar-refractivity contribution in [3.63, 3.8) is 0 Å². The summed E-state index contributed by atoms with van der Waals surface area (Å²) >= 11 is 0.